The van der Waals surface area contributed by atoms with Gasteiger partial charge >= 0.3 is 6.18 Å². The molecule has 2 rings (SSSR count). The van der Waals surface area contributed by atoms with Gasteiger partial charge in [0, 0.05) is 26.3 Å². The molecule has 0 saturated heterocycles. The van der Waals surface area contributed by atoms with Crippen molar-refractivity contribution in [1.82, 2.24) is 0 Å². The Morgan fingerprint density at radius 3 is 2.50 bits per heavy atom. The van der Waals surface area contributed by atoms with E-state index in [9.17, 15) is 23.3 Å². The number of nitro benzene ring substituents is 1. The summed E-state index contributed by atoms with van der Waals surface area (Å²) in [5.74, 6) is 0.0592. The third-order valence-corrected chi connectivity index (χ3v) is 4.03. The topological polar surface area (TPSA) is 83.3 Å². The molecule has 12 heteroatoms. The lowest BCUT2D eigenvalue weighted by atomic mass is 10.2. The summed E-state index contributed by atoms with van der Waals surface area (Å²) in [6, 6.07) is 6.38. The van der Waals surface area contributed by atoms with Crippen LogP contribution in [0.3, 0.4) is 0 Å². The second kappa shape index (κ2) is 10.4. The molecule has 0 fully saturated rings. The highest BCUT2D eigenvalue weighted by Gasteiger charge is 2.31. The fourth-order valence-electron chi connectivity index (χ4n) is 2.25. The molecule has 0 unspecified atom stereocenters. The van der Waals surface area contributed by atoms with Crippen LogP contribution < -0.4 is 9.80 Å². The monoisotopic (exact) mass is 450 g/mol. The second-order valence-electron chi connectivity index (χ2n) is 5.80. The minimum atomic E-state index is -4.55. The zero-order valence-corrected chi connectivity index (χ0v) is 16.7. The van der Waals surface area contributed by atoms with Gasteiger partial charge in [-0.25, -0.2) is 9.90 Å². The molecule has 8 nitrogen and oxygen atoms in total. The molecule has 2 aromatic carbocycles. The zero-order chi connectivity index (χ0) is 22.3. The predicted octanol–water partition coefficient (Wildman–Crippen LogP) is 5.05. The van der Waals surface area contributed by atoms with E-state index in [0.717, 1.165) is 23.3 Å². The van der Waals surface area contributed by atoms with E-state index >= 15 is 0 Å². The number of rotatable bonds is 10. The highest BCUT2D eigenvalue weighted by atomic mass is 35.5. The van der Waals surface area contributed by atoms with Gasteiger partial charge in [0.25, 0.3) is 5.69 Å². The van der Waals surface area contributed by atoms with Crippen molar-refractivity contribution < 1.29 is 37.1 Å². The summed E-state index contributed by atoms with van der Waals surface area (Å²) in [6.07, 6.45) is -4.55. The van der Waals surface area contributed by atoms with Crippen molar-refractivity contribution in [3.63, 3.8) is 0 Å². The van der Waals surface area contributed by atoms with E-state index in [0.29, 0.717) is 6.61 Å². The second-order valence-corrected chi connectivity index (χ2v) is 6.21. The van der Waals surface area contributed by atoms with Crippen LogP contribution in [0.5, 0.6) is 11.5 Å². The maximum Gasteiger partial charge on any atom is 0.416 e. The summed E-state index contributed by atoms with van der Waals surface area (Å²) in [5.41, 5.74) is -1.16. The number of nitrogens with zero attached hydrogens (tertiary/aromatic N) is 2. The van der Waals surface area contributed by atoms with E-state index in [1.54, 1.807) is 0 Å². The zero-order valence-electron chi connectivity index (χ0n) is 15.9. The number of anilines is 1. The van der Waals surface area contributed by atoms with E-state index in [1.807, 2.05) is 0 Å². The first-order valence-electron chi connectivity index (χ1n) is 8.40. The first-order chi connectivity index (χ1) is 14.1. The predicted molar refractivity (Wildman–Crippen MR) is 102 cm³/mol. The molecule has 0 aliphatic rings. The first-order valence-corrected chi connectivity index (χ1v) is 8.77. The summed E-state index contributed by atoms with van der Waals surface area (Å²) >= 11 is 5.88. The van der Waals surface area contributed by atoms with Crippen LogP contribution in [0.4, 0.5) is 24.5 Å². The van der Waals surface area contributed by atoms with Crippen LogP contribution in [0.1, 0.15) is 5.56 Å². The van der Waals surface area contributed by atoms with Crippen LogP contribution in [0.15, 0.2) is 36.4 Å². The van der Waals surface area contributed by atoms with E-state index in [4.69, 9.17) is 30.6 Å². The molecular formula is C18H18ClF3N2O6. The molecule has 164 valence electrons. The van der Waals surface area contributed by atoms with Crippen molar-refractivity contribution >= 4 is 23.0 Å². The van der Waals surface area contributed by atoms with Crippen molar-refractivity contribution in [2.24, 2.45) is 0 Å². The molecule has 0 aliphatic carbocycles. The molecule has 2 aromatic rings. The minimum Gasteiger partial charge on any atom is -0.456 e. The van der Waals surface area contributed by atoms with E-state index in [2.05, 4.69) is 0 Å². The SMILES string of the molecule is COCCOCON(C)c1cc(Oc2ccc(C(F)(F)F)cc2Cl)ccc1[N+](=O)[O-]. The van der Waals surface area contributed by atoms with Crippen molar-refractivity contribution in [1.29, 1.82) is 0 Å². The maximum atomic E-state index is 12.8. The lowest BCUT2D eigenvalue weighted by Gasteiger charge is -2.19. The smallest absolute Gasteiger partial charge is 0.416 e. The van der Waals surface area contributed by atoms with Crippen molar-refractivity contribution in [3.05, 3.63) is 57.1 Å². The van der Waals surface area contributed by atoms with Crippen LogP contribution >= 0.6 is 11.6 Å². The van der Waals surface area contributed by atoms with Gasteiger partial charge < -0.3 is 14.2 Å². The van der Waals surface area contributed by atoms with Gasteiger partial charge in [-0.2, -0.15) is 13.2 Å². The van der Waals surface area contributed by atoms with E-state index in [1.165, 1.54) is 32.4 Å². The Hall–Kier alpha value is -2.60. The molecule has 0 amide bonds. The van der Waals surface area contributed by atoms with Gasteiger partial charge in [0.15, 0.2) is 6.79 Å². The molecule has 0 bridgehead atoms. The van der Waals surface area contributed by atoms with Crippen molar-refractivity contribution in [2.45, 2.75) is 6.18 Å². The number of benzene rings is 2. The van der Waals surface area contributed by atoms with Gasteiger partial charge in [-0.1, -0.05) is 11.6 Å². The fourth-order valence-corrected chi connectivity index (χ4v) is 2.47. The van der Waals surface area contributed by atoms with Crippen LogP contribution in [0.25, 0.3) is 0 Å². The molecule has 0 aromatic heterocycles. The Morgan fingerprint density at radius 1 is 1.17 bits per heavy atom. The molecule has 0 radical (unpaired) electrons. The fraction of sp³-hybridized carbons (Fsp3) is 0.333. The Balaban J connectivity index is 2.20. The quantitative estimate of drug-likeness (QED) is 0.217. The Morgan fingerprint density at radius 2 is 1.90 bits per heavy atom. The average molecular weight is 451 g/mol. The molecule has 0 atom stereocenters. The molecule has 0 spiro atoms. The normalized spacial score (nSPS) is 11.4. The number of methoxy groups -OCH3 is 1. The number of nitro groups is 1. The summed E-state index contributed by atoms with van der Waals surface area (Å²) in [7, 11) is 2.94. The highest BCUT2D eigenvalue weighted by Crippen LogP contribution is 2.38. The van der Waals surface area contributed by atoms with Crippen LogP contribution in [-0.2, 0) is 20.5 Å². The number of hydrogen-bond donors (Lipinski definition) is 0. The third-order valence-electron chi connectivity index (χ3n) is 3.73. The third kappa shape index (κ3) is 6.46. The lowest BCUT2D eigenvalue weighted by molar-refractivity contribution is -0.384. The largest absolute Gasteiger partial charge is 0.456 e. The summed E-state index contributed by atoms with van der Waals surface area (Å²) in [5, 5.41) is 12.2. The van der Waals surface area contributed by atoms with Gasteiger partial charge in [0.05, 0.1) is 28.7 Å². The standard InChI is InChI=1S/C18H18ClF3N2O6/c1-23(29-11-28-8-7-27-2)16-10-13(4-5-15(16)24(25)26)30-17-6-3-12(9-14(17)19)18(20,21)22/h3-6,9-10H,7-8,11H2,1-2H3. The van der Waals surface area contributed by atoms with Gasteiger partial charge in [-0.3, -0.25) is 10.1 Å². The Labute approximate surface area is 174 Å². The number of halogens is 4. The van der Waals surface area contributed by atoms with Crippen LogP contribution in [0, 0.1) is 10.1 Å². The van der Waals surface area contributed by atoms with E-state index in [-0.39, 0.29) is 41.3 Å². The molecule has 0 heterocycles. The molecule has 0 N–H and O–H groups in total. The molecule has 30 heavy (non-hydrogen) atoms. The highest BCUT2D eigenvalue weighted by molar-refractivity contribution is 6.32. The summed E-state index contributed by atoms with van der Waals surface area (Å²) in [6.45, 7) is 0.430. The summed E-state index contributed by atoms with van der Waals surface area (Å²) in [4.78, 5) is 16.0. The number of ether oxygens (including phenoxy) is 3. The van der Waals surface area contributed by atoms with Crippen molar-refractivity contribution in [3.8, 4) is 11.5 Å². The van der Waals surface area contributed by atoms with Gasteiger partial charge in [0.2, 0.25) is 0 Å². The summed E-state index contributed by atoms with van der Waals surface area (Å²) < 4.78 is 53.8. The Kier molecular flexibility index (Phi) is 8.24. The van der Waals surface area contributed by atoms with Gasteiger partial charge in [-0.15, -0.1) is 0 Å². The van der Waals surface area contributed by atoms with E-state index < -0.39 is 16.7 Å². The van der Waals surface area contributed by atoms with Gasteiger partial charge in [0.1, 0.15) is 17.2 Å². The lowest BCUT2D eigenvalue weighted by Crippen LogP contribution is -2.21. The van der Waals surface area contributed by atoms with Crippen LogP contribution in [-0.4, -0.2) is 39.1 Å². The van der Waals surface area contributed by atoms with Crippen molar-refractivity contribution in [2.75, 3.05) is 39.2 Å². The minimum absolute atomic E-state index is 0.0378. The van der Waals surface area contributed by atoms with Crippen LogP contribution in [0.2, 0.25) is 5.02 Å². The Bertz CT molecular complexity index is 881. The molecular weight excluding hydrogens is 433 g/mol. The first kappa shape index (κ1) is 23.7. The average Bonchev–Trinajstić information content (AvgIpc) is 2.68. The molecule has 0 aliphatic heterocycles. The maximum absolute atomic E-state index is 12.8. The number of hydrogen-bond acceptors (Lipinski definition) is 7. The number of alkyl halides is 3. The molecule has 0 saturated carbocycles. The number of hydroxylamine groups is 1. The van der Waals surface area contributed by atoms with Gasteiger partial charge in [-0.05, 0) is 24.3 Å².